The molecule has 2 heterocycles. The van der Waals surface area contributed by atoms with Gasteiger partial charge >= 0.3 is 0 Å². The Bertz CT molecular complexity index is 3530. The van der Waals surface area contributed by atoms with E-state index in [0.29, 0.717) is 57.1 Å². The molecule has 2 aromatic heterocycles. The van der Waals surface area contributed by atoms with Crippen LogP contribution in [0.4, 0.5) is 0 Å². The molecule has 68 heavy (non-hydrogen) atoms. The van der Waals surface area contributed by atoms with Gasteiger partial charge in [-0.1, -0.05) is 104 Å². The van der Waals surface area contributed by atoms with Crippen LogP contribution in [0, 0.1) is 6.92 Å². The van der Waals surface area contributed by atoms with Gasteiger partial charge in [0, 0.05) is 28.0 Å². The number of nitrogens with zero attached hydrogens (tertiary/aromatic N) is 2. The maximum Gasteiger partial charge on any atom is 0.296 e. The Balaban J connectivity index is 0.000000187. The molecule has 0 radical (unpaired) electrons. The summed E-state index contributed by atoms with van der Waals surface area (Å²) in [5, 5.41) is 21.2. The number of aryl methyl sites for hydroxylation is 1. The lowest BCUT2D eigenvalue weighted by Gasteiger charge is -2.09. The number of ether oxygens (including phenoxy) is 2. The Hall–Kier alpha value is -6.63. The minimum absolute atomic E-state index is 0.0168. The molecule has 7 aromatic carbocycles. The summed E-state index contributed by atoms with van der Waals surface area (Å²) in [6, 6.07) is 42.0. The van der Waals surface area contributed by atoms with Gasteiger partial charge in [0.1, 0.15) is 11.5 Å². The van der Waals surface area contributed by atoms with E-state index in [4.69, 9.17) is 13.7 Å². The highest BCUT2D eigenvalue weighted by Gasteiger charge is 2.27. The van der Waals surface area contributed by atoms with Crippen molar-refractivity contribution in [1.29, 1.82) is 0 Å². The molecule has 0 fully saturated rings. The van der Waals surface area contributed by atoms with Crippen molar-refractivity contribution in [2.45, 2.75) is 64.3 Å². The predicted molar refractivity (Wildman–Crippen MR) is 263 cm³/mol. The molecule has 17 heteroatoms. The summed E-state index contributed by atoms with van der Waals surface area (Å²) in [5.74, 6) is 1.07. The fourth-order valence-corrected chi connectivity index (χ4v) is 11.7. The molecule has 352 valence electrons. The van der Waals surface area contributed by atoms with Gasteiger partial charge in [-0.05, 0) is 104 Å². The molecule has 3 N–H and O–H groups in total. The number of fused-ring (bicyclic) bond motifs is 4. The van der Waals surface area contributed by atoms with Crippen molar-refractivity contribution >= 4 is 73.1 Å². The molecule has 0 saturated carbocycles. The number of hydrogen-bond donors (Lipinski definition) is 3. The van der Waals surface area contributed by atoms with Gasteiger partial charge in [-0.15, -0.1) is 0 Å². The summed E-state index contributed by atoms with van der Waals surface area (Å²) >= 11 is 0. The smallest absolute Gasteiger partial charge is 0.296 e. The van der Waals surface area contributed by atoms with E-state index in [9.17, 15) is 25.3 Å². The Morgan fingerprint density at radius 2 is 1.00 bits per heavy atom. The fraction of sp³-hybridized carbons (Fsp3) is 0.216. The highest BCUT2D eigenvalue weighted by atomic mass is 32.2. The minimum Gasteiger partial charge on any atom is -0.494 e. The van der Waals surface area contributed by atoms with Crippen molar-refractivity contribution in [3.05, 3.63) is 151 Å². The first-order chi connectivity index (χ1) is 32.9. The predicted octanol–water partition coefficient (Wildman–Crippen LogP) is 9.74. The molecule has 0 aliphatic carbocycles. The van der Waals surface area contributed by atoms with E-state index in [1.165, 1.54) is 25.0 Å². The Morgan fingerprint density at radius 1 is 0.515 bits per heavy atom. The maximum atomic E-state index is 13.6. The van der Waals surface area contributed by atoms with Gasteiger partial charge in [-0.25, -0.2) is 16.8 Å². The van der Waals surface area contributed by atoms with Crippen molar-refractivity contribution in [2.75, 3.05) is 32.9 Å². The zero-order valence-electron chi connectivity index (χ0n) is 37.5. The van der Waals surface area contributed by atoms with Crippen molar-refractivity contribution in [3.8, 4) is 11.5 Å². The molecule has 0 unspecified atom stereocenters. The average Bonchev–Trinajstić information content (AvgIpc) is 3.99. The molecular formula is C51H51N5O9S3. The molecule has 0 aliphatic heterocycles. The summed E-state index contributed by atoms with van der Waals surface area (Å²) in [4.78, 5) is 0.555. The summed E-state index contributed by atoms with van der Waals surface area (Å²) in [5.41, 5.74) is 2.03. The van der Waals surface area contributed by atoms with Crippen LogP contribution in [-0.2, 0) is 34.0 Å². The van der Waals surface area contributed by atoms with Crippen LogP contribution in [0.1, 0.15) is 38.2 Å². The number of sulfone groups is 2. The molecule has 0 spiro atoms. The third-order valence-corrected chi connectivity index (χ3v) is 16.1. The van der Waals surface area contributed by atoms with Crippen molar-refractivity contribution in [2.24, 2.45) is 0 Å². The van der Waals surface area contributed by atoms with Crippen molar-refractivity contribution in [1.82, 2.24) is 25.7 Å². The van der Waals surface area contributed by atoms with E-state index in [2.05, 4.69) is 32.6 Å². The summed E-state index contributed by atoms with van der Waals surface area (Å²) in [6.45, 7) is 6.65. The Kier molecular flexibility index (Phi) is 14.9. The van der Waals surface area contributed by atoms with Gasteiger partial charge < -0.3 is 14.8 Å². The molecule has 0 saturated heterocycles. The average molecular weight is 974 g/mol. The van der Waals surface area contributed by atoms with Gasteiger partial charge in [0.2, 0.25) is 19.7 Å². The normalized spacial score (nSPS) is 12.1. The fourth-order valence-electron chi connectivity index (χ4n) is 7.61. The number of hydrogen-bond acceptors (Lipinski definition) is 12. The third kappa shape index (κ3) is 10.7. The second-order valence-electron chi connectivity index (χ2n) is 16.0. The zero-order chi connectivity index (χ0) is 47.7. The van der Waals surface area contributed by atoms with Crippen LogP contribution in [0.2, 0.25) is 0 Å². The van der Waals surface area contributed by atoms with E-state index in [1.54, 1.807) is 78.9 Å². The third-order valence-electron chi connectivity index (χ3n) is 11.2. The van der Waals surface area contributed by atoms with E-state index >= 15 is 0 Å². The number of aromatic nitrogens is 4. The van der Waals surface area contributed by atoms with E-state index in [-0.39, 0.29) is 38.0 Å². The second-order valence-corrected chi connectivity index (χ2v) is 21.3. The number of H-pyrrole nitrogens is 2. The first kappa shape index (κ1) is 47.8. The van der Waals surface area contributed by atoms with Crippen LogP contribution in [0.15, 0.2) is 170 Å². The second kappa shape index (κ2) is 21.1. The molecule has 0 atom stereocenters. The van der Waals surface area contributed by atoms with Gasteiger partial charge in [0.15, 0.2) is 10.1 Å². The molecular weight excluding hydrogens is 923 g/mol. The van der Waals surface area contributed by atoms with Gasteiger partial charge in [0.25, 0.3) is 10.1 Å². The van der Waals surface area contributed by atoms with E-state index < -0.39 is 29.8 Å². The monoisotopic (exact) mass is 973 g/mol. The first-order valence-corrected chi connectivity index (χ1v) is 26.6. The molecule has 0 aliphatic rings. The maximum absolute atomic E-state index is 13.6. The van der Waals surface area contributed by atoms with Crippen LogP contribution < -0.4 is 14.8 Å². The van der Waals surface area contributed by atoms with Gasteiger partial charge in [0.05, 0.1) is 45.5 Å². The Labute approximate surface area is 395 Å². The lowest BCUT2D eigenvalue weighted by molar-refractivity contribution is 0.251. The van der Waals surface area contributed by atoms with Crippen LogP contribution in [0.5, 0.6) is 11.5 Å². The number of benzene rings is 7. The standard InChI is InChI=1S/C27H24N2O6S2.C24H27N3O3S/c1-19-10-13-22(14-11-19)37(32,33)35-17-5-16-34-21-12-15-25-24(18-21)27(29-28-25)36(30,31)26-9-4-7-20-6-2-3-8-23(20)26;1-2-3-14-25-15-7-16-30-19-12-13-22-21(17-19)24(27-26-22)31(28,29)23-11-6-9-18-8-4-5-10-20(18)23/h2-4,6-15,18H,5,16-17H2,1H3,(H,28,29);4-6,8-13,17,25H,2-3,7,14-16H2,1H3,(H,26,27). The first-order valence-electron chi connectivity index (χ1n) is 22.2. The summed E-state index contributed by atoms with van der Waals surface area (Å²) < 4.78 is 95.4. The lowest BCUT2D eigenvalue weighted by Crippen LogP contribution is -2.18. The Morgan fingerprint density at radius 3 is 1.53 bits per heavy atom. The number of rotatable bonds is 19. The zero-order valence-corrected chi connectivity index (χ0v) is 40.0. The highest BCUT2D eigenvalue weighted by Crippen LogP contribution is 2.34. The van der Waals surface area contributed by atoms with Crippen LogP contribution >= 0.6 is 0 Å². The van der Waals surface area contributed by atoms with Crippen LogP contribution in [0.25, 0.3) is 43.4 Å². The summed E-state index contributed by atoms with van der Waals surface area (Å²) in [7, 11) is -11.5. The molecule has 14 nitrogen and oxygen atoms in total. The number of unbranched alkanes of at least 4 members (excludes halogenated alkanes) is 1. The van der Waals surface area contributed by atoms with Gasteiger partial charge in [-0.2, -0.15) is 18.6 Å². The van der Waals surface area contributed by atoms with Gasteiger partial charge in [-0.3, -0.25) is 14.4 Å². The van der Waals surface area contributed by atoms with Crippen LogP contribution in [-0.4, -0.2) is 78.6 Å². The molecule has 0 bridgehead atoms. The summed E-state index contributed by atoms with van der Waals surface area (Å²) in [6.07, 6.45) is 3.55. The quantitative estimate of drug-likeness (QED) is 0.0513. The number of nitrogens with one attached hydrogen (secondary N) is 3. The highest BCUT2D eigenvalue weighted by molar-refractivity contribution is 7.92. The molecule has 9 rings (SSSR count). The largest absolute Gasteiger partial charge is 0.494 e. The van der Waals surface area contributed by atoms with Crippen molar-refractivity contribution in [3.63, 3.8) is 0 Å². The minimum atomic E-state index is -3.90. The van der Waals surface area contributed by atoms with Crippen LogP contribution in [0.3, 0.4) is 0 Å². The molecule has 0 amide bonds. The number of aromatic amines is 2. The lowest BCUT2D eigenvalue weighted by atomic mass is 10.1. The topological polar surface area (TPSA) is 199 Å². The SMILES string of the molecule is CCCCNCCCOc1ccc2n[nH]c(S(=O)(=O)c3cccc4ccccc34)c2c1.Cc1ccc(S(=O)(=O)OCCCOc2ccc3n[nH]c(S(=O)(=O)c4cccc5ccccc45)c3c2)cc1. The van der Waals surface area contributed by atoms with E-state index in [0.717, 1.165) is 35.8 Å². The van der Waals surface area contributed by atoms with E-state index in [1.807, 2.05) is 61.5 Å². The van der Waals surface area contributed by atoms with Crippen molar-refractivity contribution < 1.29 is 38.9 Å². The molecule has 9 aromatic rings.